The van der Waals surface area contributed by atoms with E-state index in [4.69, 9.17) is 0 Å². The van der Waals surface area contributed by atoms with Gasteiger partial charge in [0.25, 0.3) is 0 Å². The molecule has 8 heteroatoms. The van der Waals surface area contributed by atoms with Gasteiger partial charge in [0.2, 0.25) is 5.91 Å². The number of amides is 1. The normalized spacial score (nSPS) is 11.6. The molecule has 0 bridgehead atoms. The molecule has 0 aliphatic rings. The smallest absolute Gasteiger partial charge is 0.227 e. The Morgan fingerprint density at radius 1 is 1.17 bits per heavy atom. The number of guanidine groups is 1. The summed E-state index contributed by atoms with van der Waals surface area (Å²) in [6.45, 7) is 15.9. The first-order chi connectivity index (χ1) is 13.3. The lowest BCUT2D eigenvalue weighted by molar-refractivity contribution is -0.116. The van der Waals surface area contributed by atoms with Crippen LogP contribution in [0.15, 0.2) is 23.2 Å². The van der Waals surface area contributed by atoms with Gasteiger partial charge in [-0.25, -0.2) is 4.98 Å². The quantitative estimate of drug-likeness (QED) is 0.181. The summed E-state index contributed by atoms with van der Waals surface area (Å²) in [6, 6.07) is 6.65. The van der Waals surface area contributed by atoms with Crippen LogP contribution in [0.25, 0.3) is 0 Å². The zero-order valence-corrected chi connectivity index (χ0v) is 21.1. The van der Waals surface area contributed by atoms with E-state index in [1.165, 1.54) is 0 Å². The topological polar surface area (TPSA) is 81.7 Å². The highest BCUT2D eigenvalue weighted by molar-refractivity contribution is 14.0. The molecule has 1 aromatic rings. The molecule has 0 aromatic carbocycles. The lowest BCUT2D eigenvalue weighted by atomic mass is 10.2. The molecule has 29 heavy (non-hydrogen) atoms. The number of rotatable bonds is 11. The van der Waals surface area contributed by atoms with Crippen molar-refractivity contribution in [2.45, 2.75) is 66.5 Å². The SMILES string of the molecule is CCNC(=NCCCN(C(C)C)C(C)C)NCCC(=O)Nc1cccc(C)n1.I. The number of anilines is 1. The summed E-state index contributed by atoms with van der Waals surface area (Å²) in [4.78, 5) is 23.4. The molecular weight excluding hydrogens is 479 g/mol. The Kier molecular flexibility index (Phi) is 14.7. The van der Waals surface area contributed by atoms with E-state index < -0.39 is 0 Å². The van der Waals surface area contributed by atoms with Crippen molar-refractivity contribution in [3.05, 3.63) is 23.9 Å². The highest BCUT2D eigenvalue weighted by atomic mass is 127. The van der Waals surface area contributed by atoms with E-state index in [9.17, 15) is 4.79 Å². The maximum atomic E-state index is 12.1. The second-order valence-electron chi connectivity index (χ2n) is 7.43. The van der Waals surface area contributed by atoms with Gasteiger partial charge in [-0.2, -0.15) is 0 Å². The number of hydrogen-bond acceptors (Lipinski definition) is 4. The van der Waals surface area contributed by atoms with Crippen molar-refractivity contribution in [3.63, 3.8) is 0 Å². The molecule has 7 nitrogen and oxygen atoms in total. The van der Waals surface area contributed by atoms with E-state index in [0.29, 0.717) is 30.9 Å². The number of aryl methyl sites for hydroxylation is 1. The minimum Gasteiger partial charge on any atom is -0.357 e. The molecule has 1 amide bonds. The Bertz CT molecular complexity index is 613. The minimum absolute atomic E-state index is 0. The fourth-order valence-corrected chi connectivity index (χ4v) is 3.01. The van der Waals surface area contributed by atoms with Crippen LogP contribution in [0.4, 0.5) is 5.82 Å². The van der Waals surface area contributed by atoms with Gasteiger partial charge in [-0.05, 0) is 60.1 Å². The Hall–Kier alpha value is -1.42. The Morgan fingerprint density at radius 3 is 2.45 bits per heavy atom. The van der Waals surface area contributed by atoms with Crippen molar-refractivity contribution >= 4 is 41.7 Å². The fourth-order valence-electron chi connectivity index (χ4n) is 3.01. The van der Waals surface area contributed by atoms with Gasteiger partial charge in [0, 0.05) is 50.4 Å². The van der Waals surface area contributed by atoms with E-state index in [-0.39, 0.29) is 29.9 Å². The van der Waals surface area contributed by atoms with Crippen molar-refractivity contribution in [1.82, 2.24) is 20.5 Å². The zero-order chi connectivity index (χ0) is 20.9. The monoisotopic (exact) mass is 518 g/mol. The Morgan fingerprint density at radius 2 is 1.86 bits per heavy atom. The van der Waals surface area contributed by atoms with Crippen molar-refractivity contribution in [2.75, 3.05) is 31.5 Å². The van der Waals surface area contributed by atoms with Crippen molar-refractivity contribution in [2.24, 2.45) is 4.99 Å². The van der Waals surface area contributed by atoms with Crippen LogP contribution in [0.5, 0.6) is 0 Å². The lowest BCUT2D eigenvalue weighted by Crippen LogP contribution is -2.39. The molecule has 0 unspecified atom stereocenters. The third-order valence-corrected chi connectivity index (χ3v) is 4.32. The van der Waals surface area contributed by atoms with Crippen LogP contribution in [0.1, 0.15) is 53.2 Å². The third kappa shape index (κ3) is 12.0. The maximum Gasteiger partial charge on any atom is 0.227 e. The molecule has 1 heterocycles. The van der Waals surface area contributed by atoms with E-state index in [0.717, 1.165) is 37.7 Å². The second kappa shape index (κ2) is 15.4. The third-order valence-electron chi connectivity index (χ3n) is 4.32. The highest BCUT2D eigenvalue weighted by Crippen LogP contribution is 2.06. The average Bonchev–Trinajstić information content (AvgIpc) is 2.60. The van der Waals surface area contributed by atoms with Crippen molar-refractivity contribution in [3.8, 4) is 0 Å². The summed E-state index contributed by atoms with van der Waals surface area (Å²) in [5.41, 5.74) is 0.881. The lowest BCUT2D eigenvalue weighted by Gasteiger charge is -2.30. The highest BCUT2D eigenvalue weighted by Gasteiger charge is 2.12. The van der Waals surface area contributed by atoms with Gasteiger partial charge in [0.1, 0.15) is 5.82 Å². The summed E-state index contributed by atoms with van der Waals surface area (Å²) in [5, 5.41) is 9.27. The molecule has 3 N–H and O–H groups in total. The molecule has 0 atom stereocenters. The van der Waals surface area contributed by atoms with Crippen LogP contribution in [-0.4, -0.2) is 60.0 Å². The van der Waals surface area contributed by atoms with E-state index in [1.807, 2.05) is 26.0 Å². The van der Waals surface area contributed by atoms with Gasteiger partial charge in [-0.3, -0.25) is 14.7 Å². The molecule has 1 rings (SSSR count). The van der Waals surface area contributed by atoms with Gasteiger partial charge < -0.3 is 16.0 Å². The molecule has 1 aromatic heterocycles. The average molecular weight is 518 g/mol. The molecule has 0 aliphatic carbocycles. The van der Waals surface area contributed by atoms with Crippen molar-refractivity contribution in [1.29, 1.82) is 0 Å². The number of hydrogen-bond donors (Lipinski definition) is 3. The van der Waals surface area contributed by atoms with E-state index in [1.54, 1.807) is 6.07 Å². The molecule has 0 saturated heterocycles. The van der Waals surface area contributed by atoms with Crippen LogP contribution >= 0.6 is 24.0 Å². The number of nitrogens with zero attached hydrogens (tertiary/aromatic N) is 3. The van der Waals surface area contributed by atoms with Crippen LogP contribution < -0.4 is 16.0 Å². The van der Waals surface area contributed by atoms with E-state index in [2.05, 4.69) is 58.5 Å². The van der Waals surface area contributed by atoms with Gasteiger partial charge in [-0.1, -0.05) is 6.07 Å². The summed E-state index contributed by atoms with van der Waals surface area (Å²) in [6.07, 6.45) is 1.36. The largest absolute Gasteiger partial charge is 0.357 e. The van der Waals surface area contributed by atoms with E-state index >= 15 is 0 Å². The summed E-state index contributed by atoms with van der Waals surface area (Å²) < 4.78 is 0. The number of pyridine rings is 1. The molecular formula is C21H39IN6O. The molecule has 0 fully saturated rings. The van der Waals surface area contributed by atoms with Crippen molar-refractivity contribution < 1.29 is 4.79 Å². The van der Waals surface area contributed by atoms with Gasteiger partial charge in [0.15, 0.2) is 5.96 Å². The standard InChI is InChI=1S/C21H38N6O.HI/c1-7-22-21(23-13-9-15-27(16(2)3)17(4)5)24-14-12-20(28)26-19-11-8-10-18(6)25-19;/h8,10-11,16-17H,7,9,12-15H2,1-6H3,(H2,22,23,24)(H,25,26,28);1H. The number of nitrogens with one attached hydrogen (secondary N) is 3. The molecule has 166 valence electrons. The Balaban J connectivity index is 0.00000784. The number of aromatic nitrogens is 1. The first-order valence-corrected chi connectivity index (χ1v) is 10.3. The number of carbonyl (C=O) groups excluding carboxylic acids is 1. The molecule has 0 aliphatic heterocycles. The number of halogens is 1. The number of carbonyl (C=O) groups is 1. The zero-order valence-electron chi connectivity index (χ0n) is 18.8. The summed E-state index contributed by atoms with van der Waals surface area (Å²) >= 11 is 0. The Labute approximate surface area is 193 Å². The fraction of sp³-hybridized carbons (Fsp3) is 0.667. The van der Waals surface area contributed by atoms with Gasteiger partial charge >= 0.3 is 0 Å². The van der Waals surface area contributed by atoms with Crippen LogP contribution in [-0.2, 0) is 4.79 Å². The van der Waals surface area contributed by atoms with Crippen LogP contribution in [0.3, 0.4) is 0 Å². The van der Waals surface area contributed by atoms with Crippen LogP contribution in [0.2, 0.25) is 0 Å². The first-order valence-electron chi connectivity index (χ1n) is 10.3. The summed E-state index contributed by atoms with van der Waals surface area (Å²) in [7, 11) is 0. The minimum atomic E-state index is -0.0639. The van der Waals surface area contributed by atoms with Gasteiger partial charge in [0.05, 0.1) is 0 Å². The predicted octanol–water partition coefficient (Wildman–Crippen LogP) is 3.40. The number of aliphatic imine (C=N–C) groups is 1. The molecule has 0 radical (unpaired) electrons. The molecule has 0 spiro atoms. The van der Waals surface area contributed by atoms with Gasteiger partial charge in [-0.15, -0.1) is 24.0 Å². The summed E-state index contributed by atoms with van der Waals surface area (Å²) in [5.74, 6) is 1.28. The second-order valence-corrected chi connectivity index (χ2v) is 7.43. The first kappa shape index (κ1) is 27.6. The maximum absolute atomic E-state index is 12.1. The van der Waals surface area contributed by atoms with Crippen LogP contribution in [0, 0.1) is 6.92 Å². The molecule has 0 saturated carbocycles. The predicted molar refractivity (Wildman–Crippen MR) is 133 cm³/mol.